The Morgan fingerprint density at radius 2 is 2.25 bits per heavy atom. The van der Waals surface area contributed by atoms with Gasteiger partial charge in [-0.25, -0.2) is 0 Å². The fourth-order valence-electron chi connectivity index (χ4n) is 1.49. The average molecular weight is 235 g/mol. The van der Waals surface area contributed by atoms with Crippen LogP contribution in [0.5, 0.6) is 5.75 Å². The van der Waals surface area contributed by atoms with Gasteiger partial charge in [0.1, 0.15) is 5.75 Å². The molecule has 84 valence electrons. The molecule has 0 aliphatic heterocycles. The van der Waals surface area contributed by atoms with E-state index in [0.717, 1.165) is 17.0 Å². The third kappa shape index (κ3) is 2.20. The van der Waals surface area contributed by atoms with E-state index in [1.807, 2.05) is 36.6 Å². The Morgan fingerprint density at radius 3 is 2.94 bits per heavy atom. The number of ether oxygens (including phenoxy) is 1. The van der Waals surface area contributed by atoms with Crippen molar-refractivity contribution >= 4 is 11.5 Å². The maximum atomic E-state index is 6.12. The summed E-state index contributed by atoms with van der Waals surface area (Å²) in [5.41, 5.74) is 7.83. The van der Waals surface area contributed by atoms with Crippen molar-refractivity contribution in [2.45, 2.75) is 13.0 Å². The van der Waals surface area contributed by atoms with E-state index < -0.39 is 0 Å². The standard InChI is InChI=1S/C11H13N3OS/c1-2-15-10-6-4-3-5-8(10)11(12)9-7-16-14-13-9/h3-7,11H,2,12H2,1H3. The number of hydrogen-bond acceptors (Lipinski definition) is 5. The van der Waals surface area contributed by atoms with E-state index in [2.05, 4.69) is 9.59 Å². The van der Waals surface area contributed by atoms with Crippen molar-refractivity contribution in [3.05, 3.63) is 40.9 Å². The van der Waals surface area contributed by atoms with Gasteiger partial charge in [-0.15, -0.1) is 5.10 Å². The highest BCUT2D eigenvalue weighted by Gasteiger charge is 2.15. The zero-order chi connectivity index (χ0) is 11.4. The summed E-state index contributed by atoms with van der Waals surface area (Å²) < 4.78 is 9.35. The lowest BCUT2D eigenvalue weighted by atomic mass is 10.0. The van der Waals surface area contributed by atoms with Crippen LogP contribution in [0.25, 0.3) is 0 Å². The predicted molar refractivity (Wildman–Crippen MR) is 63.6 cm³/mol. The van der Waals surface area contributed by atoms with Crippen LogP contribution in [-0.2, 0) is 0 Å². The fraction of sp³-hybridized carbons (Fsp3) is 0.273. The third-order valence-corrected chi connectivity index (χ3v) is 2.77. The molecular formula is C11H13N3OS. The minimum absolute atomic E-state index is 0.276. The molecule has 5 heteroatoms. The van der Waals surface area contributed by atoms with Crippen LogP contribution < -0.4 is 10.5 Å². The minimum atomic E-state index is -0.276. The molecule has 2 rings (SSSR count). The Hall–Kier alpha value is -1.46. The molecule has 0 fully saturated rings. The molecule has 1 aromatic carbocycles. The third-order valence-electron chi connectivity index (χ3n) is 2.25. The Balaban J connectivity index is 2.32. The molecule has 1 unspecified atom stereocenters. The van der Waals surface area contributed by atoms with E-state index in [9.17, 15) is 0 Å². The van der Waals surface area contributed by atoms with Crippen LogP contribution in [0.15, 0.2) is 29.6 Å². The molecule has 2 aromatic rings. The fourth-order valence-corrected chi connectivity index (χ4v) is 1.98. The number of nitrogens with zero attached hydrogens (tertiary/aromatic N) is 2. The molecule has 0 saturated carbocycles. The summed E-state index contributed by atoms with van der Waals surface area (Å²) >= 11 is 1.30. The van der Waals surface area contributed by atoms with E-state index >= 15 is 0 Å². The molecule has 0 amide bonds. The van der Waals surface area contributed by atoms with Gasteiger partial charge >= 0.3 is 0 Å². The highest BCUT2D eigenvalue weighted by molar-refractivity contribution is 7.03. The highest BCUT2D eigenvalue weighted by atomic mass is 32.1. The predicted octanol–water partition coefficient (Wildman–Crippen LogP) is 1.98. The summed E-state index contributed by atoms with van der Waals surface area (Å²) in [5, 5.41) is 5.84. The van der Waals surface area contributed by atoms with Gasteiger partial charge in [0.25, 0.3) is 0 Å². The summed E-state index contributed by atoms with van der Waals surface area (Å²) in [6.45, 7) is 2.58. The van der Waals surface area contributed by atoms with Gasteiger partial charge in [0.05, 0.1) is 18.3 Å². The van der Waals surface area contributed by atoms with E-state index in [-0.39, 0.29) is 6.04 Å². The van der Waals surface area contributed by atoms with E-state index in [1.165, 1.54) is 11.5 Å². The maximum Gasteiger partial charge on any atom is 0.124 e. The van der Waals surface area contributed by atoms with Gasteiger partial charge < -0.3 is 10.5 Å². The average Bonchev–Trinajstić information content (AvgIpc) is 2.83. The normalized spacial score (nSPS) is 12.4. The second-order valence-electron chi connectivity index (χ2n) is 3.28. The molecule has 1 aromatic heterocycles. The minimum Gasteiger partial charge on any atom is -0.494 e. The lowest BCUT2D eigenvalue weighted by molar-refractivity contribution is 0.335. The second-order valence-corrected chi connectivity index (χ2v) is 3.89. The number of rotatable bonds is 4. The molecule has 1 heterocycles. The largest absolute Gasteiger partial charge is 0.494 e. The summed E-state index contributed by atoms with van der Waals surface area (Å²) in [6.07, 6.45) is 0. The van der Waals surface area contributed by atoms with Crippen molar-refractivity contribution in [1.29, 1.82) is 0 Å². The van der Waals surface area contributed by atoms with E-state index in [0.29, 0.717) is 6.61 Å². The first-order chi connectivity index (χ1) is 7.83. The van der Waals surface area contributed by atoms with Gasteiger partial charge in [0.15, 0.2) is 0 Å². The lowest BCUT2D eigenvalue weighted by Gasteiger charge is -2.14. The van der Waals surface area contributed by atoms with E-state index in [4.69, 9.17) is 10.5 Å². The number of benzene rings is 1. The molecule has 0 aliphatic rings. The van der Waals surface area contributed by atoms with Gasteiger partial charge in [0.2, 0.25) is 0 Å². The summed E-state index contributed by atoms with van der Waals surface area (Å²) in [6, 6.07) is 7.47. The molecule has 0 bridgehead atoms. The van der Waals surface area contributed by atoms with E-state index in [1.54, 1.807) is 0 Å². The van der Waals surface area contributed by atoms with Crippen LogP contribution in [0.4, 0.5) is 0 Å². The first-order valence-corrected chi connectivity index (χ1v) is 5.91. The summed E-state index contributed by atoms with van der Waals surface area (Å²) in [7, 11) is 0. The topological polar surface area (TPSA) is 61.0 Å². The molecule has 1 atom stereocenters. The molecule has 16 heavy (non-hydrogen) atoms. The Morgan fingerprint density at radius 1 is 1.44 bits per heavy atom. The quantitative estimate of drug-likeness (QED) is 0.880. The second kappa shape index (κ2) is 5.05. The molecular weight excluding hydrogens is 222 g/mol. The van der Waals surface area contributed by atoms with Crippen molar-refractivity contribution in [3.63, 3.8) is 0 Å². The number of hydrogen-bond donors (Lipinski definition) is 1. The number of nitrogens with two attached hydrogens (primary N) is 1. The van der Waals surface area contributed by atoms with Crippen LogP contribution in [0.2, 0.25) is 0 Å². The smallest absolute Gasteiger partial charge is 0.124 e. The lowest BCUT2D eigenvalue weighted by Crippen LogP contribution is -2.14. The molecule has 0 saturated heterocycles. The molecule has 0 radical (unpaired) electrons. The van der Waals surface area contributed by atoms with Crippen molar-refractivity contribution in [2.75, 3.05) is 6.61 Å². The van der Waals surface area contributed by atoms with Gasteiger partial charge in [0, 0.05) is 10.9 Å². The number of para-hydroxylation sites is 1. The highest BCUT2D eigenvalue weighted by Crippen LogP contribution is 2.27. The zero-order valence-electron chi connectivity index (χ0n) is 8.96. The summed E-state index contributed by atoms with van der Waals surface area (Å²) in [4.78, 5) is 0. The van der Waals surface area contributed by atoms with Crippen molar-refractivity contribution in [3.8, 4) is 5.75 Å². The first-order valence-electron chi connectivity index (χ1n) is 5.07. The molecule has 0 spiro atoms. The van der Waals surface area contributed by atoms with Crippen molar-refractivity contribution in [2.24, 2.45) is 5.73 Å². The molecule has 0 aliphatic carbocycles. The Bertz CT molecular complexity index is 444. The first kappa shape index (κ1) is 11.0. The van der Waals surface area contributed by atoms with Crippen LogP contribution in [0.3, 0.4) is 0 Å². The SMILES string of the molecule is CCOc1ccccc1C(N)c1csnn1. The Kier molecular flexibility index (Phi) is 3.48. The Labute approximate surface area is 98.2 Å². The van der Waals surface area contributed by atoms with Crippen molar-refractivity contribution < 1.29 is 4.74 Å². The maximum absolute atomic E-state index is 6.12. The van der Waals surface area contributed by atoms with Crippen LogP contribution in [-0.4, -0.2) is 16.2 Å². The van der Waals surface area contributed by atoms with Crippen molar-refractivity contribution in [1.82, 2.24) is 9.59 Å². The van der Waals surface area contributed by atoms with Gasteiger partial charge in [-0.2, -0.15) is 0 Å². The molecule has 4 nitrogen and oxygen atoms in total. The van der Waals surface area contributed by atoms with Crippen LogP contribution in [0.1, 0.15) is 24.2 Å². The zero-order valence-corrected chi connectivity index (χ0v) is 9.78. The molecule has 2 N–H and O–H groups in total. The monoisotopic (exact) mass is 235 g/mol. The van der Waals surface area contributed by atoms with Gasteiger partial charge in [-0.1, -0.05) is 22.7 Å². The van der Waals surface area contributed by atoms with Gasteiger partial charge in [-0.05, 0) is 24.5 Å². The summed E-state index contributed by atoms with van der Waals surface area (Å²) in [5.74, 6) is 0.811. The number of aromatic nitrogens is 2. The van der Waals surface area contributed by atoms with Gasteiger partial charge in [-0.3, -0.25) is 0 Å². The van der Waals surface area contributed by atoms with Crippen LogP contribution in [0, 0.1) is 0 Å². The van der Waals surface area contributed by atoms with Crippen LogP contribution >= 0.6 is 11.5 Å².